The van der Waals surface area contributed by atoms with Crippen LogP contribution in [0.15, 0.2) is 109 Å². The maximum atomic E-state index is 15.3. The average molecular weight is 706 g/mol. The molecule has 2 saturated heterocycles. The zero-order chi connectivity index (χ0) is 35.1. The van der Waals surface area contributed by atoms with Crippen molar-refractivity contribution in [2.75, 3.05) is 9.80 Å². The van der Waals surface area contributed by atoms with Gasteiger partial charge in [-0.3, -0.25) is 28.9 Å². The van der Waals surface area contributed by atoms with E-state index in [2.05, 4.69) is 0 Å². The fourth-order valence-electron chi connectivity index (χ4n) is 8.94. The molecule has 0 bridgehead atoms. The Kier molecular flexibility index (Phi) is 7.58. The Labute approximate surface area is 297 Å². The maximum absolute atomic E-state index is 15.3. The molecule has 3 fully saturated rings. The molecule has 0 unspecified atom stereocenters. The van der Waals surface area contributed by atoms with E-state index in [9.17, 15) is 24.3 Å². The highest BCUT2D eigenvalue weighted by Crippen LogP contribution is 2.65. The minimum Gasteiger partial charge on any atom is -0.508 e. The third-order valence-corrected chi connectivity index (χ3v) is 11.6. The number of allylic oxidation sites excluding steroid dienone is 2. The van der Waals surface area contributed by atoms with Gasteiger partial charge in [0.25, 0.3) is 0 Å². The monoisotopic (exact) mass is 704 g/mol. The second kappa shape index (κ2) is 11.8. The SMILES string of the molecule is CC(=O)c1ccc(N2C(=O)[C@H]3[C@H](CC=C4[C@H]3C[C@H]3C(=O)N(c5cccc(Cl)c5)C(=O)[C@@]3(c3ccccc3)[C@H]4c3ccc(O)cc3Cl)C2=O)cc1. The molecule has 2 heterocycles. The molecule has 1 N–H and O–H groups in total. The summed E-state index contributed by atoms with van der Waals surface area (Å²) in [6, 6.07) is 26.7. The number of hydrogen-bond acceptors (Lipinski definition) is 6. The highest BCUT2D eigenvalue weighted by molar-refractivity contribution is 6.33. The minimum atomic E-state index is -1.48. The summed E-state index contributed by atoms with van der Waals surface area (Å²) in [6.45, 7) is 1.45. The molecule has 8 rings (SSSR count). The van der Waals surface area contributed by atoms with Crippen LogP contribution in [0.4, 0.5) is 11.4 Å². The van der Waals surface area contributed by atoms with Crippen molar-refractivity contribution in [2.24, 2.45) is 23.7 Å². The first kappa shape index (κ1) is 32.2. The fourth-order valence-corrected chi connectivity index (χ4v) is 9.41. The first-order chi connectivity index (χ1) is 24.0. The molecule has 4 amide bonds. The molecule has 6 atom stereocenters. The van der Waals surface area contributed by atoms with E-state index in [1.807, 2.05) is 36.4 Å². The number of amides is 4. The van der Waals surface area contributed by atoms with Gasteiger partial charge in [-0.15, -0.1) is 0 Å². The van der Waals surface area contributed by atoms with Crippen molar-refractivity contribution < 1.29 is 29.1 Å². The second-order valence-electron chi connectivity index (χ2n) is 13.4. The predicted molar refractivity (Wildman–Crippen MR) is 188 cm³/mol. The van der Waals surface area contributed by atoms with Crippen molar-refractivity contribution in [1.82, 2.24) is 0 Å². The molecule has 0 aromatic heterocycles. The molecule has 10 heteroatoms. The predicted octanol–water partition coefficient (Wildman–Crippen LogP) is 7.27. The van der Waals surface area contributed by atoms with E-state index in [0.29, 0.717) is 33.1 Å². The molecule has 0 radical (unpaired) electrons. The van der Waals surface area contributed by atoms with Gasteiger partial charge >= 0.3 is 0 Å². The largest absolute Gasteiger partial charge is 0.508 e. The molecule has 8 nitrogen and oxygen atoms in total. The Hall–Kier alpha value is -5.05. The highest BCUT2D eigenvalue weighted by Gasteiger charge is 2.70. The number of carbonyl (C=O) groups is 5. The van der Waals surface area contributed by atoms with E-state index in [-0.39, 0.29) is 35.3 Å². The lowest BCUT2D eigenvalue weighted by Gasteiger charge is -2.51. The summed E-state index contributed by atoms with van der Waals surface area (Å²) in [6.07, 6.45) is 2.32. The number of nitrogens with zero attached hydrogens (tertiary/aromatic N) is 2. The zero-order valence-corrected chi connectivity index (χ0v) is 28.3. The van der Waals surface area contributed by atoms with Gasteiger partial charge in [-0.2, -0.15) is 0 Å². The van der Waals surface area contributed by atoms with Crippen LogP contribution in [0.1, 0.15) is 47.2 Å². The first-order valence-electron chi connectivity index (χ1n) is 16.4. The van der Waals surface area contributed by atoms with Crippen molar-refractivity contribution in [1.29, 1.82) is 0 Å². The van der Waals surface area contributed by atoms with E-state index >= 15 is 4.79 Å². The number of fused-ring (bicyclic) bond motifs is 4. The van der Waals surface area contributed by atoms with Crippen LogP contribution in [0.5, 0.6) is 5.75 Å². The fraction of sp³-hybridized carbons (Fsp3) is 0.225. The van der Waals surface area contributed by atoms with Crippen LogP contribution < -0.4 is 9.80 Å². The van der Waals surface area contributed by atoms with Crippen LogP contribution in [-0.4, -0.2) is 34.5 Å². The standard InChI is InChI=1S/C40H30Cl2N2O6/c1-21(45)22-10-12-25(13-11-22)43-36(47)30-17-16-28-31(34(30)38(43)49)20-32-37(48)44(26-9-5-8-24(41)18-26)39(50)40(32,23-6-3-2-4-7-23)35(28)29-15-14-27(46)19-33(29)42/h2-16,18-19,30-32,34-35,46H,17,20H2,1H3/t30-,31+,32-,34-,35+,40+/m0/s1. The molecule has 4 aromatic rings. The third-order valence-electron chi connectivity index (χ3n) is 11.0. The molecule has 2 aliphatic carbocycles. The van der Waals surface area contributed by atoms with Gasteiger partial charge in [-0.1, -0.05) is 77.3 Å². The van der Waals surface area contributed by atoms with Crippen LogP contribution in [0, 0.1) is 23.7 Å². The minimum absolute atomic E-state index is 0.0634. The van der Waals surface area contributed by atoms with E-state index in [1.54, 1.807) is 54.6 Å². The quantitative estimate of drug-likeness (QED) is 0.133. The Bertz CT molecular complexity index is 2170. The molecule has 4 aliphatic rings. The summed E-state index contributed by atoms with van der Waals surface area (Å²) < 4.78 is 0. The second-order valence-corrected chi connectivity index (χ2v) is 14.3. The van der Waals surface area contributed by atoms with Crippen molar-refractivity contribution in [3.05, 3.63) is 135 Å². The van der Waals surface area contributed by atoms with Gasteiger partial charge in [0.1, 0.15) is 5.75 Å². The summed E-state index contributed by atoms with van der Waals surface area (Å²) in [4.78, 5) is 72.9. The molecular weight excluding hydrogens is 675 g/mol. The summed E-state index contributed by atoms with van der Waals surface area (Å²) in [5.41, 5.74) is 1.57. The van der Waals surface area contributed by atoms with Gasteiger partial charge < -0.3 is 5.11 Å². The Balaban J connectivity index is 1.33. The Morgan fingerprint density at radius 3 is 2.20 bits per heavy atom. The van der Waals surface area contributed by atoms with Crippen LogP contribution in [0.25, 0.3) is 0 Å². The lowest BCUT2D eigenvalue weighted by Crippen LogP contribution is -2.53. The number of rotatable bonds is 5. The Morgan fingerprint density at radius 2 is 1.52 bits per heavy atom. The number of ketones is 1. The Morgan fingerprint density at radius 1 is 0.780 bits per heavy atom. The summed E-state index contributed by atoms with van der Waals surface area (Å²) in [5.74, 6) is -5.65. The van der Waals surface area contributed by atoms with Crippen molar-refractivity contribution in [3.63, 3.8) is 0 Å². The van der Waals surface area contributed by atoms with Crippen molar-refractivity contribution in [2.45, 2.75) is 31.1 Å². The van der Waals surface area contributed by atoms with Crippen LogP contribution in [-0.2, 0) is 24.6 Å². The molecule has 250 valence electrons. The third kappa shape index (κ3) is 4.55. The van der Waals surface area contributed by atoms with Crippen LogP contribution in [0.2, 0.25) is 10.0 Å². The van der Waals surface area contributed by atoms with Crippen molar-refractivity contribution >= 4 is 64.0 Å². The van der Waals surface area contributed by atoms with Gasteiger partial charge in [0.2, 0.25) is 23.6 Å². The summed E-state index contributed by atoms with van der Waals surface area (Å²) in [7, 11) is 0. The lowest BCUT2D eigenvalue weighted by molar-refractivity contribution is -0.127. The number of hydrogen-bond donors (Lipinski definition) is 1. The number of aromatic hydroxyl groups is 1. The molecule has 50 heavy (non-hydrogen) atoms. The number of phenolic OH excluding ortho intramolecular Hbond substituents is 1. The van der Waals surface area contributed by atoms with Gasteiger partial charge in [0.15, 0.2) is 5.78 Å². The van der Waals surface area contributed by atoms with E-state index in [1.165, 1.54) is 28.9 Å². The van der Waals surface area contributed by atoms with Crippen LogP contribution in [0.3, 0.4) is 0 Å². The number of halogens is 2. The zero-order valence-electron chi connectivity index (χ0n) is 26.8. The highest BCUT2D eigenvalue weighted by atomic mass is 35.5. The topological polar surface area (TPSA) is 112 Å². The maximum Gasteiger partial charge on any atom is 0.246 e. The number of benzene rings is 4. The molecular formula is C40H30Cl2N2O6. The smallest absolute Gasteiger partial charge is 0.246 e. The molecule has 0 spiro atoms. The van der Waals surface area contributed by atoms with E-state index in [4.69, 9.17) is 23.2 Å². The molecule has 2 aliphatic heterocycles. The van der Waals surface area contributed by atoms with E-state index in [0.717, 1.165) is 5.57 Å². The van der Waals surface area contributed by atoms with Gasteiger partial charge in [-0.25, -0.2) is 4.90 Å². The van der Waals surface area contributed by atoms with E-state index < -0.39 is 52.7 Å². The number of anilines is 2. The number of phenols is 1. The summed E-state index contributed by atoms with van der Waals surface area (Å²) in [5, 5.41) is 10.9. The molecule has 4 aromatic carbocycles. The number of carbonyl (C=O) groups excluding carboxylic acids is 5. The van der Waals surface area contributed by atoms with Gasteiger partial charge in [-0.05, 0) is 91.4 Å². The molecule has 1 saturated carbocycles. The van der Waals surface area contributed by atoms with Gasteiger partial charge in [0, 0.05) is 21.5 Å². The first-order valence-corrected chi connectivity index (χ1v) is 17.2. The van der Waals surface area contributed by atoms with Gasteiger partial charge in [0.05, 0.1) is 34.5 Å². The normalized spacial score (nSPS) is 27.2. The van der Waals surface area contributed by atoms with Crippen LogP contribution >= 0.6 is 23.2 Å². The summed E-state index contributed by atoms with van der Waals surface area (Å²) >= 11 is 13.3. The average Bonchev–Trinajstić information content (AvgIpc) is 3.49. The number of imide groups is 2. The van der Waals surface area contributed by atoms with Crippen molar-refractivity contribution in [3.8, 4) is 5.75 Å². The number of Topliss-reactive ketones (excluding diaryl/α,β-unsaturated/α-hetero) is 1. The lowest BCUT2D eigenvalue weighted by atomic mass is 9.49.